The summed E-state index contributed by atoms with van der Waals surface area (Å²) < 4.78 is 0. The standard InChI is InChI=1S/C16H25N3O/c1-3-15(14-7-5-4-6-8-14)17-13-16(20)19-11-9-18(2)10-12-19/h4-8,15,17H,3,9-13H2,1-2H3. The highest BCUT2D eigenvalue weighted by atomic mass is 16.2. The maximum Gasteiger partial charge on any atom is 0.236 e. The van der Waals surface area contributed by atoms with Crippen molar-refractivity contribution >= 4 is 5.91 Å². The molecule has 2 rings (SSSR count). The molecule has 20 heavy (non-hydrogen) atoms. The molecule has 1 aromatic carbocycles. The molecule has 1 heterocycles. The molecular weight excluding hydrogens is 250 g/mol. The van der Waals surface area contributed by atoms with Crippen LogP contribution in [-0.2, 0) is 4.79 Å². The zero-order valence-electron chi connectivity index (χ0n) is 12.5. The van der Waals surface area contributed by atoms with E-state index >= 15 is 0 Å². The second-order valence-electron chi connectivity index (χ2n) is 5.44. The molecule has 0 radical (unpaired) electrons. The van der Waals surface area contributed by atoms with Crippen LogP contribution < -0.4 is 5.32 Å². The van der Waals surface area contributed by atoms with E-state index in [0.717, 1.165) is 32.6 Å². The Balaban J connectivity index is 1.83. The maximum atomic E-state index is 12.2. The third kappa shape index (κ3) is 4.05. The van der Waals surface area contributed by atoms with E-state index in [4.69, 9.17) is 0 Å². The molecule has 1 unspecified atom stereocenters. The zero-order valence-corrected chi connectivity index (χ0v) is 12.5. The van der Waals surface area contributed by atoms with E-state index in [1.807, 2.05) is 23.1 Å². The van der Waals surface area contributed by atoms with Crippen molar-refractivity contribution in [3.05, 3.63) is 35.9 Å². The first-order valence-electron chi connectivity index (χ1n) is 7.45. The van der Waals surface area contributed by atoms with Crippen LogP contribution in [0.1, 0.15) is 24.9 Å². The lowest BCUT2D eigenvalue weighted by Crippen LogP contribution is -2.49. The fourth-order valence-electron chi connectivity index (χ4n) is 2.56. The van der Waals surface area contributed by atoms with Crippen LogP contribution in [0.25, 0.3) is 0 Å². The lowest BCUT2D eigenvalue weighted by Gasteiger charge is -2.33. The number of hydrogen-bond acceptors (Lipinski definition) is 3. The molecule has 110 valence electrons. The SMILES string of the molecule is CCC(NCC(=O)N1CCN(C)CC1)c1ccccc1. The van der Waals surface area contributed by atoms with Gasteiger partial charge < -0.3 is 15.1 Å². The van der Waals surface area contributed by atoms with Gasteiger partial charge in [-0.25, -0.2) is 0 Å². The Morgan fingerprint density at radius 2 is 1.85 bits per heavy atom. The first kappa shape index (κ1) is 15.0. The number of hydrogen-bond donors (Lipinski definition) is 1. The number of nitrogens with zero attached hydrogens (tertiary/aromatic N) is 2. The molecule has 0 bridgehead atoms. The van der Waals surface area contributed by atoms with Crippen LogP contribution in [0.2, 0.25) is 0 Å². The molecule has 4 heteroatoms. The van der Waals surface area contributed by atoms with Crippen LogP contribution in [0, 0.1) is 0 Å². The zero-order chi connectivity index (χ0) is 14.4. The largest absolute Gasteiger partial charge is 0.339 e. The Morgan fingerprint density at radius 3 is 2.45 bits per heavy atom. The highest BCUT2D eigenvalue weighted by molar-refractivity contribution is 5.78. The average Bonchev–Trinajstić information content (AvgIpc) is 2.49. The Bertz CT molecular complexity index is 413. The first-order valence-corrected chi connectivity index (χ1v) is 7.45. The van der Waals surface area contributed by atoms with Crippen LogP contribution in [0.3, 0.4) is 0 Å². The molecule has 1 saturated heterocycles. The van der Waals surface area contributed by atoms with Gasteiger partial charge in [0.25, 0.3) is 0 Å². The molecule has 1 atom stereocenters. The van der Waals surface area contributed by atoms with E-state index in [-0.39, 0.29) is 11.9 Å². The van der Waals surface area contributed by atoms with E-state index in [9.17, 15) is 4.79 Å². The van der Waals surface area contributed by atoms with Gasteiger partial charge in [-0.2, -0.15) is 0 Å². The lowest BCUT2D eigenvalue weighted by atomic mass is 10.0. The van der Waals surface area contributed by atoms with Crippen molar-refractivity contribution in [3.63, 3.8) is 0 Å². The van der Waals surface area contributed by atoms with Crippen molar-refractivity contribution in [2.45, 2.75) is 19.4 Å². The summed E-state index contributed by atoms with van der Waals surface area (Å²) in [5.74, 6) is 0.215. The normalized spacial score (nSPS) is 18.0. The van der Waals surface area contributed by atoms with Crippen molar-refractivity contribution < 1.29 is 4.79 Å². The molecule has 0 aromatic heterocycles. The van der Waals surface area contributed by atoms with Gasteiger partial charge >= 0.3 is 0 Å². The number of benzene rings is 1. The molecule has 1 aliphatic heterocycles. The summed E-state index contributed by atoms with van der Waals surface area (Å²) in [6.45, 7) is 6.21. The Morgan fingerprint density at radius 1 is 1.20 bits per heavy atom. The number of amides is 1. The second kappa shape index (κ2) is 7.41. The minimum Gasteiger partial charge on any atom is -0.339 e. The number of piperazine rings is 1. The van der Waals surface area contributed by atoms with Gasteiger partial charge in [-0.1, -0.05) is 37.3 Å². The van der Waals surface area contributed by atoms with Gasteiger partial charge in [-0.3, -0.25) is 4.79 Å². The van der Waals surface area contributed by atoms with Crippen molar-refractivity contribution in [1.82, 2.24) is 15.1 Å². The maximum absolute atomic E-state index is 12.2. The van der Waals surface area contributed by atoms with Crippen molar-refractivity contribution in [3.8, 4) is 0 Å². The number of carbonyl (C=O) groups excluding carboxylic acids is 1. The molecule has 0 saturated carbocycles. The molecule has 1 amide bonds. The molecule has 0 aliphatic carbocycles. The van der Waals surface area contributed by atoms with E-state index in [2.05, 4.69) is 36.3 Å². The highest BCUT2D eigenvalue weighted by Crippen LogP contribution is 2.15. The van der Waals surface area contributed by atoms with Crippen LogP contribution >= 0.6 is 0 Å². The lowest BCUT2D eigenvalue weighted by molar-refractivity contribution is -0.131. The van der Waals surface area contributed by atoms with Crippen molar-refractivity contribution in [2.24, 2.45) is 0 Å². The Labute approximate surface area is 121 Å². The predicted molar refractivity (Wildman–Crippen MR) is 81.6 cm³/mol. The summed E-state index contributed by atoms with van der Waals surface area (Å²) in [5, 5.41) is 3.39. The predicted octanol–water partition coefficient (Wildman–Crippen LogP) is 1.50. The number of carbonyl (C=O) groups is 1. The first-order chi connectivity index (χ1) is 9.70. The smallest absolute Gasteiger partial charge is 0.236 e. The minimum absolute atomic E-state index is 0.215. The van der Waals surface area contributed by atoms with Crippen LogP contribution in [0.4, 0.5) is 0 Å². The highest BCUT2D eigenvalue weighted by Gasteiger charge is 2.19. The average molecular weight is 275 g/mol. The molecule has 1 N–H and O–H groups in total. The van der Waals surface area contributed by atoms with Crippen LogP contribution in [0.15, 0.2) is 30.3 Å². The van der Waals surface area contributed by atoms with Crippen LogP contribution in [0.5, 0.6) is 0 Å². The fraction of sp³-hybridized carbons (Fsp3) is 0.562. The van der Waals surface area contributed by atoms with E-state index in [0.29, 0.717) is 6.54 Å². The fourth-order valence-corrected chi connectivity index (χ4v) is 2.56. The molecule has 0 spiro atoms. The van der Waals surface area contributed by atoms with Gasteiger partial charge in [-0.05, 0) is 19.0 Å². The van der Waals surface area contributed by atoms with Gasteiger partial charge in [0.05, 0.1) is 6.54 Å². The third-order valence-electron chi connectivity index (χ3n) is 3.97. The Kier molecular flexibility index (Phi) is 5.56. The number of nitrogens with one attached hydrogen (secondary N) is 1. The summed E-state index contributed by atoms with van der Waals surface area (Å²) in [4.78, 5) is 16.4. The second-order valence-corrected chi connectivity index (χ2v) is 5.44. The van der Waals surface area contributed by atoms with E-state index in [1.54, 1.807) is 0 Å². The summed E-state index contributed by atoms with van der Waals surface area (Å²) >= 11 is 0. The summed E-state index contributed by atoms with van der Waals surface area (Å²) in [6, 6.07) is 10.6. The van der Waals surface area contributed by atoms with Gasteiger partial charge in [0.2, 0.25) is 5.91 Å². The Hall–Kier alpha value is -1.39. The van der Waals surface area contributed by atoms with E-state index < -0.39 is 0 Å². The summed E-state index contributed by atoms with van der Waals surface area (Å²) in [5.41, 5.74) is 1.25. The quantitative estimate of drug-likeness (QED) is 0.884. The van der Waals surface area contributed by atoms with Crippen LogP contribution in [-0.4, -0.2) is 55.5 Å². The topological polar surface area (TPSA) is 35.6 Å². The minimum atomic E-state index is 0.215. The molecule has 1 aromatic rings. The van der Waals surface area contributed by atoms with Crippen molar-refractivity contribution in [1.29, 1.82) is 0 Å². The molecule has 4 nitrogen and oxygen atoms in total. The van der Waals surface area contributed by atoms with Gasteiger partial charge in [0.15, 0.2) is 0 Å². The molecular formula is C16H25N3O. The summed E-state index contributed by atoms with van der Waals surface area (Å²) in [7, 11) is 2.10. The monoisotopic (exact) mass is 275 g/mol. The van der Waals surface area contributed by atoms with E-state index in [1.165, 1.54) is 5.56 Å². The molecule has 1 aliphatic rings. The third-order valence-corrected chi connectivity index (χ3v) is 3.97. The number of likely N-dealkylation sites (N-methyl/N-ethyl adjacent to an activating group) is 1. The summed E-state index contributed by atoms with van der Waals surface area (Å²) in [6.07, 6.45) is 0.986. The van der Waals surface area contributed by atoms with Gasteiger partial charge in [0, 0.05) is 32.2 Å². The van der Waals surface area contributed by atoms with Crippen molar-refractivity contribution in [2.75, 3.05) is 39.8 Å². The number of rotatable bonds is 5. The van der Waals surface area contributed by atoms with Gasteiger partial charge in [0.1, 0.15) is 0 Å². The van der Waals surface area contributed by atoms with Gasteiger partial charge in [-0.15, -0.1) is 0 Å². The molecule has 1 fully saturated rings.